The van der Waals surface area contributed by atoms with Crippen LogP contribution in [0.25, 0.3) is 10.8 Å². The summed E-state index contributed by atoms with van der Waals surface area (Å²) in [6.07, 6.45) is 0. The van der Waals surface area contributed by atoms with Crippen LogP contribution in [-0.2, 0) is 6.54 Å². The molecule has 0 aromatic heterocycles. The molecule has 0 amide bonds. The average molecular weight is 412 g/mol. The van der Waals surface area contributed by atoms with Crippen LogP contribution in [0.4, 0.5) is 0 Å². The Morgan fingerprint density at radius 2 is 1.68 bits per heavy atom. The lowest BCUT2D eigenvalue weighted by Crippen LogP contribution is -2.43. The number of rotatable bonds is 4. The second-order valence-electron chi connectivity index (χ2n) is 7.18. The van der Waals surface area contributed by atoms with Gasteiger partial charge in [0.2, 0.25) is 0 Å². The summed E-state index contributed by atoms with van der Waals surface area (Å²) in [6, 6.07) is 20.7. The van der Waals surface area contributed by atoms with E-state index in [4.69, 9.17) is 28.3 Å². The quantitative estimate of drug-likeness (QED) is 0.513. The van der Waals surface area contributed by atoms with E-state index in [-0.39, 0.29) is 0 Å². The maximum absolute atomic E-state index is 6.31. The lowest BCUT2D eigenvalue weighted by molar-refractivity contribution is 0.131. The molecule has 1 saturated heterocycles. The van der Waals surface area contributed by atoms with E-state index in [0.717, 1.165) is 44.0 Å². The Bertz CT molecular complexity index is 1000. The molecule has 0 radical (unpaired) electrons. The maximum Gasteiger partial charge on any atom is 0.0661 e. The van der Waals surface area contributed by atoms with Gasteiger partial charge in [-0.15, -0.1) is 0 Å². The van der Waals surface area contributed by atoms with Crippen molar-refractivity contribution in [1.82, 2.24) is 9.91 Å². The number of halogens is 2. The summed E-state index contributed by atoms with van der Waals surface area (Å²) in [5.41, 5.74) is 3.24. The molecule has 0 unspecified atom stereocenters. The molecule has 0 atom stereocenters. The second kappa shape index (κ2) is 8.52. The molecule has 3 aromatic carbocycles. The summed E-state index contributed by atoms with van der Waals surface area (Å²) in [6.45, 7) is 6.78. The number of piperazine rings is 1. The topological polar surface area (TPSA) is 18.8 Å². The molecule has 1 fully saturated rings. The molecule has 0 bridgehead atoms. The molecule has 0 N–H and O–H groups in total. The van der Waals surface area contributed by atoms with Crippen molar-refractivity contribution < 1.29 is 0 Å². The van der Waals surface area contributed by atoms with Crippen LogP contribution in [0.5, 0.6) is 0 Å². The molecule has 5 heteroatoms. The first-order valence-electron chi connectivity index (χ1n) is 9.55. The Labute approximate surface area is 176 Å². The van der Waals surface area contributed by atoms with E-state index in [1.807, 2.05) is 19.1 Å². The van der Waals surface area contributed by atoms with E-state index in [2.05, 4.69) is 52.4 Å². The Morgan fingerprint density at radius 3 is 2.46 bits per heavy atom. The van der Waals surface area contributed by atoms with Gasteiger partial charge in [-0.1, -0.05) is 71.7 Å². The third-order valence-corrected chi connectivity index (χ3v) is 5.78. The number of hydrogen-bond donors (Lipinski definition) is 0. The summed E-state index contributed by atoms with van der Waals surface area (Å²) in [5, 5.41) is 10.9. The normalized spacial score (nSPS) is 16.0. The van der Waals surface area contributed by atoms with Crippen LogP contribution in [-0.4, -0.2) is 41.8 Å². The highest BCUT2D eigenvalue weighted by molar-refractivity contribution is 6.37. The van der Waals surface area contributed by atoms with E-state index < -0.39 is 0 Å². The summed E-state index contributed by atoms with van der Waals surface area (Å²) < 4.78 is 0. The van der Waals surface area contributed by atoms with Crippen LogP contribution in [0.2, 0.25) is 10.0 Å². The molecule has 1 aliphatic heterocycles. The van der Waals surface area contributed by atoms with Gasteiger partial charge in [-0.05, 0) is 35.4 Å². The molecule has 1 aliphatic rings. The summed E-state index contributed by atoms with van der Waals surface area (Å²) in [5.74, 6) is 0. The first kappa shape index (κ1) is 19.3. The molecule has 3 aromatic rings. The van der Waals surface area contributed by atoms with Crippen LogP contribution in [0, 0.1) is 0 Å². The smallest absolute Gasteiger partial charge is 0.0661 e. The second-order valence-corrected chi connectivity index (χ2v) is 8.02. The fourth-order valence-corrected chi connectivity index (χ4v) is 4.26. The molecule has 3 nitrogen and oxygen atoms in total. The third kappa shape index (κ3) is 4.33. The van der Waals surface area contributed by atoms with Crippen molar-refractivity contribution in [3.63, 3.8) is 0 Å². The minimum absolute atomic E-state index is 0.642. The molecule has 144 valence electrons. The Balaban J connectivity index is 1.40. The van der Waals surface area contributed by atoms with Crippen LogP contribution in [0.3, 0.4) is 0 Å². The highest BCUT2D eigenvalue weighted by Gasteiger charge is 2.17. The lowest BCUT2D eigenvalue weighted by atomic mass is 10.0. The van der Waals surface area contributed by atoms with E-state index in [9.17, 15) is 0 Å². The fourth-order valence-electron chi connectivity index (χ4n) is 3.72. The number of hydrazone groups is 1. The van der Waals surface area contributed by atoms with Gasteiger partial charge in [-0.3, -0.25) is 9.91 Å². The van der Waals surface area contributed by atoms with E-state index in [1.165, 1.54) is 16.3 Å². The Hall–Kier alpha value is -2.07. The van der Waals surface area contributed by atoms with Crippen molar-refractivity contribution in [2.75, 3.05) is 26.2 Å². The SMILES string of the molecule is C/C(=N\N1CCN(Cc2cccc3ccccc23)CC1)c1ccc(Cl)cc1Cl. The predicted octanol–water partition coefficient (Wildman–Crippen LogP) is 5.69. The van der Waals surface area contributed by atoms with Gasteiger partial charge < -0.3 is 0 Å². The fraction of sp³-hybridized carbons (Fsp3) is 0.261. The van der Waals surface area contributed by atoms with Crippen LogP contribution >= 0.6 is 23.2 Å². The number of fused-ring (bicyclic) bond motifs is 1. The van der Waals surface area contributed by atoms with Gasteiger partial charge in [0.05, 0.1) is 10.7 Å². The molecule has 0 spiro atoms. The molecule has 1 heterocycles. The average Bonchev–Trinajstić information content (AvgIpc) is 2.69. The first-order chi connectivity index (χ1) is 13.6. The summed E-state index contributed by atoms with van der Waals surface area (Å²) in [4.78, 5) is 2.50. The standard InChI is InChI=1S/C23H23Cl2N3/c1-17(21-10-9-20(24)15-23(21)25)26-28-13-11-27(12-14-28)16-19-7-4-6-18-5-2-3-8-22(18)19/h2-10,15H,11-14,16H2,1H3/b26-17+. The van der Waals surface area contributed by atoms with Crippen LogP contribution < -0.4 is 0 Å². The van der Waals surface area contributed by atoms with Crippen LogP contribution in [0.1, 0.15) is 18.1 Å². The summed E-state index contributed by atoms with van der Waals surface area (Å²) >= 11 is 12.3. The third-order valence-electron chi connectivity index (χ3n) is 5.23. The predicted molar refractivity (Wildman–Crippen MR) is 119 cm³/mol. The van der Waals surface area contributed by atoms with E-state index >= 15 is 0 Å². The zero-order valence-corrected chi connectivity index (χ0v) is 17.4. The van der Waals surface area contributed by atoms with Gasteiger partial charge >= 0.3 is 0 Å². The summed E-state index contributed by atoms with van der Waals surface area (Å²) in [7, 11) is 0. The zero-order chi connectivity index (χ0) is 19.5. The monoisotopic (exact) mass is 411 g/mol. The van der Waals surface area contributed by atoms with Gasteiger partial charge in [-0.2, -0.15) is 5.10 Å². The van der Waals surface area contributed by atoms with Crippen molar-refractivity contribution in [1.29, 1.82) is 0 Å². The molecule has 4 rings (SSSR count). The number of hydrogen-bond acceptors (Lipinski definition) is 3. The van der Waals surface area contributed by atoms with Crippen molar-refractivity contribution in [3.8, 4) is 0 Å². The maximum atomic E-state index is 6.31. The largest absolute Gasteiger partial charge is 0.295 e. The molecular formula is C23H23Cl2N3. The van der Waals surface area contributed by atoms with Gasteiger partial charge in [0, 0.05) is 43.3 Å². The van der Waals surface area contributed by atoms with Crippen molar-refractivity contribution >= 4 is 39.7 Å². The van der Waals surface area contributed by atoms with Crippen molar-refractivity contribution in [2.45, 2.75) is 13.5 Å². The van der Waals surface area contributed by atoms with Crippen molar-refractivity contribution in [2.24, 2.45) is 5.10 Å². The molecular weight excluding hydrogens is 389 g/mol. The Morgan fingerprint density at radius 1 is 0.929 bits per heavy atom. The van der Waals surface area contributed by atoms with Crippen LogP contribution in [0.15, 0.2) is 65.8 Å². The Kier molecular flexibility index (Phi) is 5.86. The molecule has 0 saturated carbocycles. The molecule has 28 heavy (non-hydrogen) atoms. The molecule has 0 aliphatic carbocycles. The number of nitrogens with zero attached hydrogens (tertiary/aromatic N) is 3. The minimum Gasteiger partial charge on any atom is -0.295 e. The highest BCUT2D eigenvalue weighted by Crippen LogP contribution is 2.23. The van der Waals surface area contributed by atoms with Gasteiger partial charge in [0.25, 0.3) is 0 Å². The zero-order valence-electron chi connectivity index (χ0n) is 15.9. The van der Waals surface area contributed by atoms with Gasteiger partial charge in [0.1, 0.15) is 0 Å². The minimum atomic E-state index is 0.642. The van der Waals surface area contributed by atoms with Gasteiger partial charge in [-0.25, -0.2) is 0 Å². The first-order valence-corrected chi connectivity index (χ1v) is 10.3. The lowest BCUT2D eigenvalue weighted by Gasteiger charge is -2.33. The highest BCUT2D eigenvalue weighted by atomic mass is 35.5. The van der Waals surface area contributed by atoms with Crippen molar-refractivity contribution in [3.05, 3.63) is 81.8 Å². The number of benzene rings is 3. The van der Waals surface area contributed by atoms with Gasteiger partial charge in [0.15, 0.2) is 0 Å². The van der Waals surface area contributed by atoms with E-state index in [1.54, 1.807) is 6.07 Å². The van der Waals surface area contributed by atoms with E-state index in [0.29, 0.717) is 10.0 Å².